The summed E-state index contributed by atoms with van der Waals surface area (Å²) in [6.07, 6.45) is -0.711. The molecule has 0 bridgehead atoms. The maximum atomic E-state index is 10.2. The number of amides is 1. The molecule has 0 aromatic carbocycles. The molecule has 0 aliphatic carbocycles. The molecule has 76 valence electrons. The van der Waals surface area contributed by atoms with Gasteiger partial charge in [0.05, 0.1) is 13.7 Å². The highest BCUT2D eigenvalue weighted by Gasteiger charge is 1.95. The van der Waals surface area contributed by atoms with Gasteiger partial charge in [0.25, 0.3) is 0 Å². The lowest BCUT2D eigenvalue weighted by atomic mass is 10.4. The highest BCUT2D eigenvalue weighted by atomic mass is 16.5. The first kappa shape index (κ1) is 14.0. The van der Waals surface area contributed by atoms with Crippen molar-refractivity contribution in [2.45, 2.75) is 13.8 Å². The number of hydrogen-bond donors (Lipinski definition) is 1. The quantitative estimate of drug-likeness (QED) is 0.515. The van der Waals surface area contributed by atoms with Gasteiger partial charge >= 0.3 is 12.1 Å². The van der Waals surface area contributed by atoms with E-state index in [-0.39, 0.29) is 5.97 Å². The fourth-order valence-corrected chi connectivity index (χ4v) is 0.316. The number of rotatable bonds is 2. The molecule has 0 atom stereocenters. The summed E-state index contributed by atoms with van der Waals surface area (Å²) in [5, 5.41) is 0. The van der Waals surface area contributed by atoms with Gasteiger partial charge in [-0.25, -0.2) is 9.59 Å². The molecule has 0 heterocycles. The maximum Gasteiger partial charge on any atom is 0.404 e. The number of carbonyl (C=O) groups is 2. The number of methoxy groups -OCH3 is 1. The SMILES string of the molecule is C=C(C)C(=O)OC.CCOC(N)=O. The lowest BCUT2D eigenvalue weighted by Crippen LogP contribution is -2.11. The monoisotopic (exact) mass is 189 g/mol. The predicted molar refractivity (Wildman–Crippen MR) is 48.0 cm³/mol. The Morgan fingerprint density at radius 3 is 1.92 bits per heavy atom. The first-order valence-electron chi connectivity index (χ1n) is 3.61. The first-order valence-corrected chi connectivity index (χ1v) is 3.61. The second kappa shape index (κ2) is 8.58. The van der Waals surface area contributed by atoms with E-state index in [2.05, 4.69) is 21.8 Å². The van der Waals surface area contributed by atoms with Gasteiger partial charge in [0, 0.05) is 5.57 Å². The van der Waals surface area contributed by atoms with E-state index in [9.17, 15) is 9.59 Å². The smallest absolute Gasteiger partial charge is 0.404 e. The normalized spacial score (nSPS) is 7.62. The molecular weight excluding hydrogens is 174 g/mol. The van der Waals surface area contributed by atoms with Gasteiger partial charge in [0.2, 0.25) is 0 Å². The number of hydrogen-bond acceptors (Lipinski definition) is 4. The molecule has 2 N–H and O–H groups in total. The van der Waals surface area contributed by atoms with E-state index in [4.69, 9.17) is 0 Å². The second-order valence-corrected chi connectivity index (χ2v) is 2.02. The molecule has 0 aliphatic rings. The van der Waals surface area contributed by atoms with E-state index < -0.39 is 6.09 Å². The molecule has 0 saturated carbocycles. The lowest BCUT2D eigenvalue weighted by Gasteiger charge is -1.91. The molecule has 1 amide bonds. The van der Waals surface area contributed by atoms with Gasteiger partial charge in [0.15, 0.2) is 0 Å². The third-order valence-electron chi connectivity index (χ3n) is 0.820. The zero-order valence-electron chi connectivity index (χ0n) is 8.12. The Bertz CT molecular complexity index is 189. The second-order valence-electron chi connectivity index (χ2n) is 2.02. The Kier molecular flexibility index (Phi) is 9.25. The van der Waals surface area contributed by atoms with Crippen molar-refractivity contribution in [3.63, 3.8) is 0 Å². The highest BCUT2D eigenvalue weighted by Crippen LogP contribution is 1.87. The predicted octanol–water partition coefficient (Wildman–Crippen LogP) is 0.837. The van der Waals surface area contributed by atoms with Crippen LogP contribution in [0.4, 0.5) is 4.79 Å². The molecule has 0 unspecified atom stereocenters. The van der Waals surface area contributed by atoms with Crippen LogP contribution in [-0.4, -0.2) is 25.8 Å². The topological polar surface area (TPSA) is 78.6 Å². The summed E-state index contributed by atoms with van der Waals surface area (Å²) >= 11 is 0. The van der Waals surface area contributed by atoms with Crippen LogP contribution in [0.2, 0.25) is 0 Å². The van der Waals surface area contributed by atoms with Crippen LogP contribution in [0, 0.1) is 0 Å². The fraction of sp³-hybridized carbons (Fsp3) is 0.500. The Balaban J connectivity index is 0. The van der Waals surface area contributed by atoms with E-state index >= 15 is 0 Å². The van der Waals surface area contributed by atoms with E-state index in [1.807, 2.05) is 0 Å². The molecule has 0 rings (SSSR count). The minimum atomic E-state index is -0.711. The summed E-state index contributed by atoms with van der Waals surface area (Å²) in [6.45, 7) is 7.01. The third-order valence-corrected chi connectivity index (χ3v) is 0.820. The molecule has 5 heteroatoms. The number of nitrogens with two attached hydrogens (primary N) is 1. The fourth-order valence-electron chi connectivity index (χ4n) is 0.316. The van der Waals surface area contributed by atoms with E-state index in [0.717, 1.165) is 0 Å². The summed E-state index contributed by atoms with van der Waals surface area (Å²) in [6, 6.07) is 0. The van der Waals surface area contributed by atoms with E-state index in [1.54, 1.807) is 13.8 Å². The average molecular weight is 189 g/mol. The Hall–Kier alpha value is -1.52. The van der Waals surface area contributed by atoms with Crippen LogP contribution in [0.1, 0.15) is 13.8 Å². The third kappa shape index (κ3) is 13.5. The molecule has 0 fully saturated rings. The molecule has 0 radical (unpaired) electrons. The van der Waals surface area contributed by atoms with Gasteiger partial charge < -0.3 is 15.2 Å². The molecule has 13 heavy (non-hydrogen) atoms. The number of carbonyl (C=O) groups excluding carboxylic acids is 2. The molecule has 0 aromatic rings. The van der Waals surface area contributed by atoms with Gasteiger partial charge in [0.1, 0.15) is 0 Å². The van der Waals surface area contributed by atoms with Crippen LogP contribution in [-0.2, 0) is 14.3 Å². The Labute approximate surface area is 77.5 Å². The minimum Gasteiger partial charge on any atom is -0.466 e. The van der Waals surface area contributed by atoms with E-state index in [0.29, 0.717) is 12.2 Å². The highest BCUT2D eigenvalue weighted by molar-refractivity contribution is 5.86. The summed E-state index contributed by atoms with van der Waals surface area (Å²) in [7, 11) is 1.33. The zero-order valence-corrected chi connectivity index (χ0v) is 8.12. The van der Waals surface area contributed by atoms with Gasteiger partial charge in [-0.1, -0.05) is 6.58 Å². The van der Waals surface area contributed by atoms with Crippen molar-refractivity contribution in [2.75, 3.05) is 13.7 Å². The summed E-state index contributed by atoms with van der Waals surface area (Å²) in [5.41, 5.74) is 4.97. The van der Waals surface area contributed by atoms with Crippen molar-refractivity contribution in [3.05, 3.63) is 12.2 Å². The first-order chi connectivity index (χ1) is 5.95. The standard InChI is InChI=1S/C5H8O2.C3H7NO2/c1-4(2)5(6)7-3;1-2-6-3(4)5/h1H2,2-3H3;2H2,1H3,(H2,4,5). The zero-order chi connectivity index (χ0) is 10.9. The van der Waals surface area contributed by atoms with Gasteiger partial charge in [-0.3, -0.25) is 0 Å². The van der Waals surface area contributed by atoms with Crippen molar-refractivity contribution in [2.24, 2.45) is 5.73 Å². The van der Waals surface area contributed by atoms with E-state index in [1.165, 1.54) is 7.11 Å². The molecule has 5 nitrogen and oxygen atoms in total. The number of ether oxygens (including phenoxy) is 2. The van der Waals surface area contributed by atoms with Crippen LogP contribution >= 0.6 is 0 Å². The molecule has 0 saturated heterocycles. The van der Waals surface area contributed by atoms with Crippen molar-refractivity contribution in [1.29, 1.82) is 0 Å². The summed E-state index contributed by atoms with van der Waals surface area (Å²) < 4.78 is 8.45. The van der Waals surface area contributed by atoms with Gasteiger partial charge in [-0.15, -0.1) is 0 Å². The van der Waals surface area contributed by atoms with Crippen molar-refractivity contribution >= 4 is 12.1 Å². The summed E-state index contributed by atoms with van der Waals surface area (Å²) in [4.78, 5) is 19.8. The Morgan fingerprint density at radius 2 is 1.92 bits per heavy atom. The van der Waals surface area contributed by atoms with Crippen LogP contribution in [0.25, 0.3) is 0 Å². The van der Waals surface area contributed by atoms with Crippen molar-refractivity contribution in [3.8, 4) is 0 Å². The van der Waals surface area contributed by atoms with Crippen LogP contribution in [0.3, 0.4) is 0 Å². The summed E-state index contributed by atoms with van der Waals surface area (Å²) in [5.74, 6) is -0.347. The van der Waals surface area contributed by atoms with Crippen LogP contribution in [0.15, 0.2) is 12.2 Å². The number of esters is 1. The Morgan fingerprint density at radius 1 is 1.46 bits per heavy atom. The maximum absolute atomic E-state index is 10.2. The van der Waals surface area contributed by atoms with Gasteiger partial charge in [-0.05, 0) is 13.8 Å². The number of primary amides is 1. The van der Waals surface area contributed by atoms with Crippen LogP contribution in [0.5, 0.6) is 0 Å². The van der Waals surface area contributed by atoms with Gasteiger partial charge in [-0.2, -0.15) is 0 Å². The van der Waals surface area contributed by atoms with Crippen LogP contribution < -0.4 is 5.73 Å². The lowest BCUT2D eigenvalue weighted by molar-refractivity contribution is -0.136. The van der Waals surface area contributed by atoms with Crippen molar-refractivity contribution in [1.82, 2.24) is 0 Å². The van der Waals surface area contributed by atoms with Crippen molar-refractivity contribution < 1.29 is 19.1 Å². The molecule has 0 aromatic heterocycles. The molecular formula is C8H15NO4. The minimum absolute atomic E-state index is 0.347. The largest absolute Gasteiger partial charge is 0.466 e. The molecule has 0 spiro atoms. The average Bonchev–Trinajstić information content (AvgIpc) is 2.03. The molecule has 0 aliphatic heterocycles.